The molecule has 1 aliphatic carbocycles. The molecule has 1 saturated heterocycles. The van der Waals surface area contributed by atoms with Crippen LogP contribution < -0.4 is 0 Å². The lowest BCUT2D eigenvalue weighted by atomic mass is 9.99. The maximum atomic E-state index is 11.0. The van der Waals surface area contributed by atoms with Crippen LogP contribution in [0, 0.1) is 0 Å². The predicted molar refractivity (Wildman–Crippen MR) is 56.4 cm³/mol. The first-order valence-corrected chi connectivity index (χ1v) is 5.40. The van der Waals surface area contributed by atoms with Crippen molar-refractivity contribution in [3.8, 4) is 0 Å². The van der Waals surface area contributed by atoms with Crippen LogP contribution in [0.5, 0.6) is 0 Å². The standard InChI is InChI=1S/C12H16O3/c1-12(7-5-10(13)6-8-12)15-11-4-2-3-9-14-11/h5-8,11H,2-4,9H2,1H3. The topological polar surface area (TPSA) is 35.5 Å². The molecule has 2 rings (SSSR count). The van der Waals surface area contributed by atoms with E-state index in [0.717, 1.165) is 25.9 Å². The van der Waals surface area contributed by atoms with Gasteiger partial charge in [0.1, 0.15) is 5.60 Å². The highest BCUT2D eigenvalue weighted by molar-refractivity contribution is 6.00. The van der Waals surface area contributed by atoms with E-state index in [1.807, 2.05) is 6.92 Å². The van der Waals surface area contributed by atoms with Gasteiger partial charge in [-0.15, -0.1) is 0 Å². The molecule has 0 aromatic rings. The van der Waals surface area contributed by atoms with E-state index in [9.17, 15) is 4.79 Å². The number of carbonyl (C=O) groups is 1. The zero-order chi connectivity index (χ0) is 10.7. The molecule has 1 atom stereocenters. The molecule has 0 radical (unpaired) electrons. The van der Waals surface area contributed by atoms with Crippen molar-refractivity contribution in [2.24, 2.45) is 0 Å². The van der Waals surface area contributed by atoms with Crippen molar-refractivity contribution in [3.63, 3.8) is 0 Å². The fourth-order valence-corrected chi connectivity index (χ4v) is 1.77. The van der Waals surface area contributed by atoms with Crippen LogP contribution in [0.1, 0.15) is 26.2 Å². The van der Waals surface area contributed by atoms with Gasteiger partial charge in [-0.2, -0.15) is 0 Å². The van der Waals surface area contributed by atoms with E-state index in [-0.39, 0.29) is 12.1 Å². The van der Waals surface area contributed by atoms with E-state index in [2.05, 4.69) is 0 Å². The number of hydrogen-bond acceptors (Lipinski definition) is 3. The fourth-order valence-electron chi connectivity index (χ4n) is 1.77. The quantitative estimate of drug-likeness (QED) is 0.696. The monoisotopic (exact) mass is 208 g/mol. The zero-order valence-electron chi connectivity index (χ0n) is 8.94. The predicted octanol–water partition coefficient (Wildman–Crippen LogP) is 1.98. The van der Waals surface area contributed by atoms with E-state index in [1.165, 1.54) is 0 Å². The molecule has 3 nitrogen and oxygen atoms in total. The number of allylic oxidation sites excluding steroid dienone is 2. The third-order valence-corrected chi connectivity index (χ3v) is 2.68. The van der Waals surface area contributed by atoms with Gasteiger partial charge in [0.2, 0.25) is 0 Å². The van der Waals surface area contributed by atoms with Crippen LogP contribution in [-0.4, -0.2) is 24.3 Å². The van der Waals surface area contributed by atoms with Gasteiger partial charge in [-0.05, 0) is 50.5 Å². The van der Waals surface area contributed by atoms with Gasteiger partial charge in [-0.25, -0.2) is 0 Å². The molecule has 82 valence electrons. The highest BCUT2D eigenvalue weighted by Crippen LogP contribution is 2.24. The fraction of sp³-hybridized carbons (Fsp3) is 0.583. The number of rotatable bonds is 2. The van der Waals surface area contributed by atoms with Gasteiger partial charge in [0.05, 0.1) is 0 Å². The molecule has 0 aromatic heterocycles. The summed E-state index contributed by atoms with van der Waals surface area (Å²) in [5, 5.41) is 0. The zero-order valence-corrected chi connectivity index (χ0v) is 8.94. The molecular weight excluding hydrogens is 192 g/mol. The van der Waals surface area contributed by atoms with Crippen LogP contribution >= 0.6 is 0 Å². The molecule has 1 fully saturated rings. The van der Waals surface area contributed by atoms with Crippen LogP contribution in [0.15, 0.2) is 24.3 Å². The Balaban J connectivity index is 1.95. The minimum Gasteiger partial charge on any atom is -0.353 e. The van der Waals surface area contributed by atoms with Gasteiger partial charge in [-0.1, -0.05) is 0 Å². The Morgan fingerprint density at radius 1 is 1.40 bits per heavy atom. The van der Waals surface area contributed by atoms with Crippen molar-refractivity contribution >= 4 is 5.78 Å². The van der Waals surface area contributed by atoms with Gasteiger partial charge < -0.3 is 9.47 Å². The van der Waals surface area contributed by atoms with E-state index in [4.69, 9.17) is 9.47 Å². The summed E-state index contributed by atoms with van der Waals surface area (Å²) in [5.41, 5.74) is -0.490. The largest absolute Gasteiger partial charge is 0.353 e. The number of carbonyl (C=O) groups excluding carboxylic acids is 1. The highest BCUT2D eigenvalue weighted by atomic mass is 16.7. The Bertz CT molecular complexity index is 282. The average molecular weight is 208 g/mol. The van der Waals surface area contributed by atoms with E-state index in [0.29, 0.717) is 0 Å². The first-order chi connectivity index (χ1) is 7.18. The summed E-state index contributed by atoms with van der Waals surface area (Å²) in [6.07, 6.45) is 9.72. The first-order valence-electron chi connectivity index (χ1n) is 5.40. The Kier molecular flexibility index (Phi) is 3.03. The Hall–Kier alpha value is -0.930. The van der Waals surface area contributed by atoms with E-state index < -0.39 is 5.60 Å². The van der Waals surface area contributed by atoms with Gasteiger partial charge in [-0.3, -0.25) is 4.79 Å². The van der Waals surface area contributed by atoms with Crippen LogP contribution in [0.3, 0.4) is 0 Å². The second kappa shape index (κ2) is 4.29. The molecule has 1 heterocycles. The van der Waals surface area contributed by atoms with Crippen LogP contribution in [0.2, 0.25) is 0 Å². The molecule has 0 bridgehead atoms. The average Bonchev–Trinajstić information content (AvgIpc) is 2.24. The molecule has 0 amide bonds. The summed E-state index contributed by atoms with van der Waals surface area (Å²) in [7, 11) is 0. The molecule has 15 heavy (non-hydrogen) atoms. The summed E-state index contributed by atoms with van der Waals surface area (Å²) in [4.78, 5) is 11.0. The molecule has 0 saturated carbocycles. The molecule has 1 unspecified atom stereocenters. The molecule has 2 aliphatic rings. The second-order valence-corrected chi connectivity index (χ2v) is 4.17. The van der Waals surface area contributed by atoms with Gasteiger partial charge >= 0.3 is 0 Å². The maximum absolute atomic E-state index is 11.0. The summed E-state index contributed by atoms with van der Waals surface area (Å²) in [5.74, 6) is 0.0145. The van der Waals surface area contributed by atoms with Crippen molar-refractivity contribution < 1.29 is 14.3 Å². The summed E-state index contributed by atoms with van der Waals surface area (Å²) < 4.78 is 11.3. The van der Waals surface area contributed by atoms with Crippen molar-refractivity contribution in [1.82, 2.24) is 0 Å². The molecular formula is C12H16O3. The lowest BCUT2D eigenvalue weighted by molar-refractivity contribution is -0.194. The van der Waals surface area contributed by atoms with Crippen molar-refractivity contribution in [1.29, 1.82) is 0 Å². The SMILES string of the molecule is CC1(OC2CCCCO2)C=CC(=O)C=C1. The first kappa shape index (κ1) is 10.6. The normalized spacial score (nSPS) is 29.4. The van der Waals surface area contributed by atoms with Gasteiger partial charge in [0.15, 0.2) is 12.1 Å². The van der Waals surface area contributed by atoms with Gasteiger partial charge in [0.25, 0.3) is 0 Å². The van der Waals surface area contributed by atoms with Crippen molar-refractivity contribution in [2.75, 3.05) is 6.61 Å². The lowest BCUT2D eigenvalue weighted by Crippen LogP contribution is -2.34. The molecule has 3 heteroatoms. The maximum Gasteiger partial charge on any atom is 0.178 e. The van der Waals surface area contributed by atoms with Gasteiger partial charge in [0, 0.05) is 6.61 Å². The second-order valence-electron chi connectivity index (χ2n) is 4.17. The molecule has 0 spiro atoms. The minimum atomic E-state index is -0.490. The molecule has 1 aliphatic heterocycles. The third kappa shape index (κ3) is 2.76. The Labute approximate surface area is 89.8 Å². The van der Waals surface area contributed by atoms with Crippen molar-refractivity contribution in [3.05, 3.63) is 24.3 Å². The summed E-state index contributed by atoms with van der Waals surface area (Å²) in [6.45, 7) is 2.71. The third-order valence-electron chi connectivity index (χ3n) is 2.68. The highest BCUT2D eigenvalue weighted by Gasteiger charge is 2.27. The van der Waals surface area contributed by atoms with E-state index >= 15 is 0 Å². The smallest absolute Gasteiger partial charge is 0.178 e. The van der Waals surface area contributed by atoms with Crippen LogP contribution in [0.25, 0.3) is 0 Å². The lowest BCUT2D eigenvalue weighted by Gasteiger charge is -2.32. The minimum absolute atomic E-state index is 0.0145. The van der Waals surface area contributed by atoms with Crippen LogP contribution in [-0.2, 0) is 14.3 Å². The van der Waals surface area contributed by atoms with Crippen molar-refractivity contribution in [2.45, 2.75) is 38.1 Å². The number of ketones is 1. The van der Waals surface area contributed by atoms with Crippen LogP contribution in [0.4, 0.5) is 0 Å². The summed E-state index contributed by atoms with van der Waals surface area (Å²) in [6, 6.07) is 0. The molecule has 0 N–H and O–H groups in total. The Morgan fingerprint density at radius 3 is 2.73 bits per heavy atom. The molecule has 0 aromatic carbocycles. The van der Waals surface area contributed by atoms with E-state index in [1.54, 1.807) is 24.3 Å². The summed E-state index contributed by atoms with van der Waals surface area (Å²) >= 11 is 0. The Morgan fingerprint density at radius 2 is 2.13 bits per heavy atom. The number of hydrogen-bond donors (Lipinski definition) is 0. The number of ether oxygens (including phenoxy) is 2.